The lowest BCUT2D eigenvalue weighted by Gasteiger charge is -2.30. The van der Waals surface area contributed by atoms with Gasteiger partial charge in [-0.2, -0.15) is 0 Å². The molecule has 0 saturated heterocycles. The number of hydrogen-bond acceptors (Lipinski definition) is 6. The van der Waals surface area contributed by atoms with Crippen LogP contribution in [0, 0.1) is 0 Å². The SMILES string of the molecule is C=CC(=O)OCCOc1ccc(C(C)(C)c2c(Cl)c(Cl)c(OCCOC(=O)C=C)c(Cl)c2Cl)cc1. The quantitative estimate of drug-likeness (QED) is 0.122. The second-order valence-corrected chi connectivity index (χ2v) is 9.06. The Morgan fingerprint density at radius 2 is 1.23 bits per heavy atom. The topological polar surface area (TPSA) is 71.1 Å². The third-order valence-corrected chi connectivity index (χ3v) is 6.60. The van der Waals surface area contributed by atoms with Crippen LogP contribution in [0.25, 0.3) is 0 Å². The van der Waals surface area contributed by atoms with Gasteiger partial charge in [-0.1, -0.05) is 85.5 Å². The van der Waals surface area contributed by atoms with Gasteiger partial charge in [-0.25, -0.2) is 9.59 Å². The predicted molar refractivity (Wildman–Crippen MR) is 138 cm³/mol. The highest BCUT2D eigenvalue weighted by Crippen LogP contribution is 2.51. The fourth-order valence-corrected chi connectivity index (χ4v) is 4.52. The molecule has 188 valence electrons. The van der Waals surface area contributed by atoms with Crippen LogP contribution in [0.5, 0.6) is 11.5 Å². The molecule has 35 heavy (non-hydrogen) atoms. The van der Waals surface area contributed by atoms with Crippen molar-refractivity contribution in [1.29, 1.82) is 0 Å². The molecule has 0 saturated carbocycles. The number of hydrogen-bond donors (Lipinski definition) is 0. The number of carbonyl (C=O) groups excluding carboxylic acids is 2. The molecule has 0 aromatic heterocycles. The number of carbonyl (C=O) groups is 2. The highest BCUT2D eigenvalue weighted by molar-refractivity contribution is 6.49. The number of rotatable bonds is 12. The molecule has 0 heterocycles. The lowest BCUT2D eigenvalue weighted by molar-refractivity contribution is -0.139. The normalized spacial score (nSPS) is 10.9. The summed E-state index contributed by atoms with van der Waals surface area (Å²) in [5.41, 5.74) is 0.687. The maximum absolute atomic E-state index is 11.2. The minimum absolute atomic E-state index is 0.0112. The van der Waals surface area contributed by atoms with Gasteiger partial charge in [0.2, 0.25) is 0 Å². The molecule has 0 fully saturated rings. The maximum Gasteiger partial charge on any atom is 0.330 e. The van der Waals surface area contributed by atoms with Crippen molar-refractivity contribution in [3.63, 3.8) is 0 Å². The van der Waals surface area contributed by atoms with Crippen LogP contribution in [0.1, 0.15) is 25.0 Å². The molecular weight excluding hydrogens is 538 g/mol. The summed E-state index contributed by atoms with van der Waals surface area (Å²) >= 11 is 26.2. The summed E-state index contributed by atoms with van der Waals surface area (Å²) in [5, 5.41) is 0.559. The maximum atomic E-state index is 11.2. The van der Waals surface area contributed by atoms with Gasteiger partial charge in [0.25, 0.3) is 0 Å². The van der Waals surface area contributed by atoms with Crippen LogP contribution in [-0.4, -0.2) is 38.4 Å². The van der Waals surface area contributed by atoms with E-state index in [4.69, 9.17) is 65.4 Å². The van der Waals surface area contributed by atoms with Gasteiger partial charge in [0.15, 0.2) is 5.75 Å². The molecular formula is C25H24Cl4O6. The molecule has 0 atom stereocenters. The van der Waals surface area contributed by atoms with Crippen molar-refractivity contribution in [2.75, 3.05) is 26.4 Å². The Kier molecular flexibility index (Phi) is 10.8. The lowest BCUT2D eigenvalue weighted by atomic mass is 9.78. The first-order valence-corrected chi connectivity index (χ1v) is 11.9. The number of halogens is 4. The summed E-state index contributed by atoms with van der Waals surface area (Å²) in [6, 6.07) is 7.27. The Hall–Kier alpha value is -2.38. The third-order valence-electron chi connectivity index (χ3n) is 4.93. The second-order valence-electron chi connectivity index (χ2n) is 7.55. The van der Waals surface area contributed by atoms with Crippen molar-refractivity contribution in [1.82, 2.24) is 0 Å². The largest absolute Gasteiger partial charge is 0.490 e. The highest BCUT2D eigenvalue weighted by Gasteiger charge is 2.33. The van der Waals surface area contributed by atoms with Crippen molar-refractivity contribution in [2.24, 2.45) is 0 Å². The molecule has 2 aromatic rings. The molecule has 0 N–H and O–H groups in total. The molecule has 2 aromatic carbocycles. The van der Waals surface area contributed by atoms with Crippen molar-refractivity contribution in [3.05, 3.63) is 80.8 Å². The summed E-state index contributed by atoms with van der Waals surface area (Å²) in [6.45, 7) is 10.7. The van der Waals surface area contributed by atoms with Crippen molar-refractivity contribution >= 4 is 58.3 Å². The molecule has 0 spiro atoms. The molecule has 0 amide bonds. The van der Waals surface area contributed by atoms with Gasteiger partial charge >= 0.3 is 11.9 Å². The van der Waals surface area contributed by atoms with E-state index in [2.05, 4.69) is 13.2 Å². The van der Waals surface area contributed by atoms with Gasteiger partial charge in [-0.3, -0.25) is 0 Å². The van der Waals surface area contributed by atoms with E-state index in [0.717, 1.165) is 17.7 Å². The van der Waals surface area contributed by atoms with E-state index in [9.17, 15) is 9.59 Å². The summed E-state index contributed by atoms with van der Waals surface area (Å²) in [5.74, 6) is -0.400. The van der Waals surface area contributed by atoms with Crippen LogP contribution in [0.2, 0.25) is 20.1 Å². The lowest BCUT2D eigenvalue weighted by Crippen LogP contribution is -2.21. The smallest absolute Gasteiger partial charge is 0.330 e. The summed E-state index contributed by atoms with van der Waals surface area (Å²) in [7, 11) is 0. The van der Waals surface area contributed by atoms with Gasteiger partial charge in [0.1, 0.15) is 42.2 Å². The predicted octanol–water partition coefficient (Wildman–Crippen LogP) is 6.84. The molecule has 0 bridgehead atoms. The molecule has 2 rings (SSSR count). The zero-order chi connectivity index (χ0) is 26.2. The van der Waals surface area contributed by atoms with Crippen molar-refractivity contribution < 1.29 is 28.5 Å². The minimum atomic E-state index is -0.697. The van der Waals surface area contributed by atoms with Gasteiger partial charge in [0, 0.05) is 23.1 Å². The van der Waals surface area contributed by atoms with Crippen molar-refractivity contribution in [2.45, 2.75) is 19.3 Å². The third kappa shape index (κ3) is 7.31. The first-order valence-electron chi connectivity index (χ1n) is 10.4. The van der Waals surface area contributed by atoms with Crippen LogP contribution in [0.4, 0.5) is 0 Å². The molecule has 0 aliphatic carbocycles. The van der Waals surface area contributed by atoms with E-state index >= 15 is 0 Å². The molecule has 0 aliphatic heterocycles. The molecule has 0 radical (unpaired) electrons. The van der Waals surface area contributed by atoms with E-state index in [1.165, 1.54) is 0 Å². The minimum Gasteiger partial charge on any atom is -0.490 e. The first kappa shape index (κ1) is 28.9. The van der Waals surface area contributed by atoms with Gasteiger partial charge in [0.05, 0.1) is 10.0 Å². The first-order chi connectivity index (χ1) is 16.5. The van der Waals surface area contributed by atoms with Crippen LogP contribution < -0.4 is 9.47 Å². The van der Waals surface area contributed by atoms with E-state index in [-0.39, 0.29) is 52.3 Å². The monoisotopic (exact) mass is 560 g/mol. The van der Waals surface area contributed by atoms with Gasteiger partial charge in [-0.05, 0) is 17.7 Å². The van der Waals surface area contributed by atoms with Crippen LogP contribution >= 0.6 is 46.4 Å². The zero-order valence-electron chi connectivity index (χ0n) is 19.2. The summed E-state index contributed by atoms with van der Waals surface area (Å²) < 4.78 is 20.9. The van der Waals surface area contributed by atoms with E-state index in [1.54, 1.807) is 12.1 Å². The fraction of sp³-hybridized carbons (Fsp3) is 0.280. The van der Waals surface area contributed by atoms with Crippen LogP contribution in [0.15, 0.2) is 49.6 Å². The summed E-state index contributed by atoms with van der Waals surface area (Å²) in [6.07, 6.45) is 2.13. The Morgan fingerprint density at radius 1 is 0.771 bits per heavy atom. The van der Waals surface area contributed by atoms with E-state index in [1.807, 2.05) is 26.0 Å². The zero-order valence-corrected chi connectivity index (χ0v) is 22.2. The van der Waals surface area contributed by atoms with Crippen molar-refractivity contribution in [3.8, 4) is 11.5 Å². The average molecular weight is 562 g/mol. The Balaban J connectivity index is 2.21. The molecule has 10 heteroatoms. The van der Waals surface area contributed by atoms with E-state index < -0.39 is 17.4 Å². The average Bonchev–Trinajstić information content (AvgIpc) is 2.84. The van der Waals surface area contributed by atoms with Crippen LogP contribution in [-0.2, 0) is 24.5 Å². The highest BCUT2D eigenvalue weighted by atomic mass is 35.5. The Morgan fingerprint density at radius 3 is 1.69 bits per heavy atom. The summed E-state index contributed by atoms with van der Waals surface area (Å²) in [4.78, 5) is 22.2. The number of benzene rings is 2. The second kappa shape index (κ2) is 13.1. The number of ether oxygens (including phenoxy) is 4. The number of esters is 2. The molecule has 6 nitrogen and oxygen atoms in total. The fourth-order valence-electron chi connectivity index (χ4n) is 3.10. The van der Waals surface area contributed by atoms with E-state index in [0.29, 0.717) is 11.3 Å². The van der Waals surface area contributed by atoms with Gasteiger partial charge in [-0.15, -0.1) is 0 Å². The standard InChI is InChI=1S/C25H24Cl4O6/c1-5-17(30)33-12-11-32-16-9-7-15(8-10-16)25(3,4)19-20(26)22(28)24(23(29)21(19)27)35-14-13-34-18(31)6-2/h5-10H,1-2,11-14H2,3-4H3. The Labute approximate surface area is 224 Å². The Bertz CT molecular complexity index is 1070. The molecule has 0 unspecified atom stereocenters. The molecule has 0 aliphatic rings. The van der Waals surface area contributed by atoms with Crippen LogP contribution in [0.3, 0.4) is 0 Å². The van der Waals surface area contributed by atoms with Gasteiger partial charge < -0.3 is 18.9 Å².